The number of amides is 5. The number of aromatic amines is 1. The average molecular weight is 841 g/mol. The predicted octanol–water partition coefficient (Wildman–Crippen LogP) is 2.88. The molecule has 1 saturated carbocycles. The molecule has 17 heteroatoms. The van der Waals surface area contributed by atoms with Crippen LogP contribution in [-0.2, 0) is 45.2 Å². The van der Waals surface area contributed by atoms with Crippen molar-refractivity contribution < 1.29 is 32.4 Å². The second kappa shape index (κ2) is 17.8. The van der Waals surface area contributed by atoms with Gasteiger partial charge in [-0.3, -0.25) is 34.1 Å². The molecule has 2 aromatic carbocycles. The molecule has 2 aliphatic heterocycles. The zero-order valence-corrected chi connectivity index (χ0v) is 34.8. The van der Waals surface area contributed by atoms with Gasteiger partial charge in [-0.2, -0.15) is 0 Å². The van der Waals surface area contributed by atoms with Gasteiger partial charge in [-0.25, -0.2) is 8.42 Å². The molecular formula is C43H52N8O8S. The molecule has 7 N–H and O–H groups in total. The van der Waals surface area contributed by atoms with Crippen LogP contribution >= 0.6 is 0 Å². The van der Waals surface area contributed by atoms with Gasteiger partial charge < -0.3 is 36.1 Å². The van der Waals surface area contributed by atoms with Gasteiger partial charge in [0.2, 0.25) is 11.8 Å². The van der Waals surface area contributed by atoms with Crippen LogP contribution < -0.4 is 32.6 Å². The number of pyridine rings is 1. The fourth-order valence-corrected chi connectivity index (χ4v) is 8.93. The zero-order valence-electron chi connectivity index (χ0n) is 33.9. The summed E-state index contributed by atoms with van der Waals surface area (Å²) in [5.41, 5.74) is 10.5. The van der Waals surface area contributed by atoms with Crippen molar-refractivity contribution in [2.45, 2.75) is 76.1 Å². The number of hydrogen-bond acceptors (Lipinski definition) is 10. The molecule has 7 rings (SSSR count). The number of fused-ring (bicyclic) bond motifs is 2. The summed E-state index contributed by atoms with van der Waals surface area (Å²) in [6.07, 6.45) is 9.42. The third kappa shape index (κ3) is 9.47. The summed E-state index contributed by atoms with van der Waals surface area (Å²) in [4.78, 5) is 81.9. The molecule has 1 aliphatic carbocycles. The molecule has 1 unspecified atom stereocenters. The van der Waals surface area contributed by atoms with Crippen molar-refractivity contribution in [3.05, 3.63) is 86.5 Å². The Morgan fingerprint density at radius 1 is 0.900 bits per heavy atom. The summed E-state index contributed by atoms with van der Waals surface area (Å²) in [6.45, 7) is 1.85. The number of carbonyl (C=O) groups is 5. The number of rotatable bonds is 18. The number of sulfone groups is 1. The maximum Gasteiger partial charge on any atom is 0.274 e. The Morgan fingerprint density at radius 3 is 2.40 bits per heavy atom. The number of piperidine rings is 1. The van der Waals surface area contributed by atoms with Crippen molar-refractivity contribution in [3.63, 3.8) is 0 Å². The lowest BCUT2D eigenvalue weighted by molar-refractivity contribution is -0.136. The minimum Gasteiger partial charge on any atom is -0.384 e. The summed E-state index contributed by atoms with van der Waals surface area (Å²) in [5.74, 6) is -1.69. The van der Waals surface area contributed by atoms with Gasteiger partial charge in [0.15, 0.2) is 9.84 Å². The van der Waals surface area contributed by atoms with Gasteiger partial charge in [-0.1, -0.05) is 25.0 Å². The standard InChI is InChI=1S/C43H52N8O8S/c1-50-22-33(31-20-35(40(54)46-17-15-44)48-38(31)43(50)57)30-18-27(24-60(2,58)59)29(19-34(30)47-21-25-11-12-25)39(53)45-16-6-4-3-5-8-26-9-7-10-28-32(26)23-51(42(28)56)36-13-14-37(52)49-41(36)55/h7,9-10,18-20,22,25,36,47-48H,3-6,8,11-17,21,23-24,44H2,1-2H3,(H,45,53)(H,46,54)(H,49,52,55). The molecule has 60 heavy (non-hydrogen) atoms. The Kier molecular flexibility index (Phi) is 12.6. The first-order valence-electron chi connectivity index (χ1n) is 20.6. The number of aromatic nitrogens is 2. The van der Waals surface area contributed by atoms with E-state index in [0.29, 0.717) is 71.7 Å². The maximum absolute atomic E-state index is 13.9. The van der Waals surface area contributed by atoms with Gasteiger partial charge in [0.05, 0.1) is 5.75 Å². The average Bonchev–Trinajstić information content (AvgIpc) is 3.83. The highest BCUT2D eigenvalue weighted by Gasteiger charge is 2.39. The zero-order chi connectivity index (χ0) is 42.7. The van der Waals surface area contributed by atoms with Crippen LogP contribution in [0.1, 0.15) is 99.3 Å². The number of nitrogens with one attached hydrogen (secondary N) is 5. The van der Waals surface area contributed by atoms with E-state index >= 15 is 0 Å². The summed E-state index contributed by atoms with van der Waals surface area (Å²) in [7, 11) is -1.99. The molecule has 0 radical (unpaired) electrons. The van der Waals surface area contributed by atoms with Crippen LogP contribution in [0, 0.1) is 5.92 Å². The van der Waals surface area contributed by atoms with E-state index < -0.39 is 33.6 Å². The largest absolute Gasteiger partial charge is 0.384 e. The minimum atomic E-state index is -3.59. The second-order valence-electron chi connectivity index (χ2n) is 16.2. The predicted molar refractivity (Wildman–Crippen MR) is 227 cm³/mol. The lowest BCUT2D eigenvalue weighted by Gasteiger charge is -2.29. The number of imide groups is 1. The SMILES string of the molecule is Cn1cc(-c2cc(CS(C)(=O)=O)c(C(=O)NCCCCCCc3cccc4c3CN(C3CCC(=O)NC3=O)C4=O)cc2NCC2CC2)c2cc(C(=O)NCCN)[nH]c2c1=O. The van der Waals surface area contributed by atoms with E-state index in [9.17, 15) is 37.2 Å². The van der Waals surface area contributed by atoms with Crippen LogP contribution in [0.4, 0.5) is 5.69 Å². The number of unbranched alkanes of at least 4 members (excludes halogenated alkanes) is 3. The summed E-state index contributed by atoms with van der Waals surface area (Å²) in [6, 6.07) is 9.98. The number of aryl methyl sites for hydroxylation is 2. The molecule has 318 valence electrons. The quantitative estimate of drug-likeness (QED) is 0.0633. The Hall–Kier alpha value is -5.81. The van der Waals surface area contributed by atoms with Gasteiger partial charge in [-0.15, -0.1) is 0 Å². The van der Waals surface area contributed by atoms with Gasteiger partial charge in [0, 0.05) is 92.0 Å². The molecule has 0 bridgehead atoms. The minimum absolute atomic E-state index is 0.182. The molecule has 2 aromatic heterocycles. The van der Waals surface area contributed by atoms with Crippen molar-refractivity contribution in [1.29, 1.82) is 0 Å². The number of H-pyrrole nitrogens is 1. The van der Waals surface area contributed by atoms with Crippen LogP contribution in [0.5, 0.6) is 0 Å². The van der Waals surface area contributed by atoms with Crippen molar-refractivity contribution in [2.75, 3.05) is 37.8 Å². The summed E-state index contributed by atoms with van der Waals surface area (Å²) >= 11 is 0. The first kappa shape index (κ1) is 42.3. The van der Waals surface area contributed by atoms with E-state index in [-0.39, 0.29) is 59.4 Å². The smallest absolute Gasteiger partial charge is 0.274 e. The van der Waals surface area contributed by atoms with E-state index in [1.807, 2.05) is 12.1 Å². The van der Waals surface area contributed by atoms with E-state index in [4.69, 9.17) is 5.73 Å². The van der Waals surface area contributed by atoms with Crippen molar-refractivity contribution in [3.8, 4) is 11.1 Å². The Bertz CT molecular complexity index is 2540. The van der Waals surface area contributed by atoms with Gasteiger partial charge in [0.25, 0.3) is 23.3 Å². The van der Waals surface area contributed by atoms with Crippen LogP contribution in [0.15, 0.2) is 47.4 Å². The Balaban J connectivity index is 1.04. The molecule has 2 fully saturated rings. The lowest BCUT2D eigenvalue weighted by atomic mass is 9.95. The number of hydrogen-bond donors (Lipinski definition) is 6. The van der Waals surface area contributed by atoms with E-state index in [1.165, 1.54) is 4.57 Å². The van der Waals surface area contributed by atoms with Crippen LogP contribution in [0.3, 0.4) is 0 Å². The van der Waals surface area contributed by atoms with Crippen LogP contribution in [0.2, 0.25) is 0 Å². The molecule has 4 aromatic rings. The lowest BCUT2D eigenvalue weighted by Crippen LogP contribution is -2.52. The van der Waals surface area contributed by atoms with E-state index in [1.54, 1.807) is 42.4 Å². The van der Waals surface area contributed by atoms with Crippen molar-refractivity contribution >= 4 is 56.0 Å². The summed E-state index contributed by atoms with van der Waals surface area (Å²) < 4.78 is 26.9. The topological polar surface area (TPSA) is 235 Å². The van der Waals surface area contributed by atoms with Crippen molar-refractivity contribution in [1.82, 2.24) is 30.4 Å². The van der Waals surface area contributed by atoms with Gasteiger partial charge in [-0.05, 0) is 85.4 Å². The molecule has 1 atom stereocenters. The van der Waals surface area contributed by atoms with Gasteiger partial charge in [0.1, 0.15) is 17.3 Å². The molecular weight excluding hydrogens is 789 g/mol. The fourth-order valence-electron chi connectivity index (χ4n) is 8.13. The first-order valence-corrected chi connectivity index (χ1v) is 22.6. The molecule has 4 heterocycles. The number of nitrogens with zero attached hydrogens (tertiary/aromatic N) is 2. The molecule has 5 amide bonds. The second-order valence-corrected chi connectivity index (χ2v) is 18.3. The number of nitrogens with two attached hydrogens (primary N) is 1. The third-order valence-corrected chi connectivity index (χ3v) is 12.3. The molecule has 0 spiro atoms. The van der Waals surface area contributed by atoms with Crippen LogP contribution in [0.25, 0.3) is 22.0 Å². The number of carbonyl (C=O) groups excluding carboxylic acids is 5. The molecule has 16 nitrogen and oxygen atoms in total. The Labute approximate surface area is 348 Å². The summed E-state index contributed by atoms with van der Waals surface area (Å²) in [5, 5.41) is 12.0. The van der Waals surface area contributed by atoms with Crippen LogP contribution in [-0.4, -0.2) is 90.9 Å². The van der Waals surface area contributed by atoms with E-state index in [2.05, 4.69) is 26.3 Å². The highest BCUT2D eigenvalue weighted by atomic mass is 32.2. The fraction of sp³-hybridized carbons (Fsp3) is 0.442. The Morgan fingerprint density at radius 2 is 1.67 bits per heavy atom. The third-order valence-electron chi connectivity index (χ3n) is 11.5. The maximum atomic E-state index is 13.9. The first-order chi connectivity index (χ1) is 28.7. The van der Waals surface area contributed by atoms with E-state index in [0.717, 1.165) is 55.9 Å². The molecule has 3 aliphatic rings. The number of benzene rings is 2. The molecule has 1 saturated heterocycles. The normalized spacial score (nSPS) is 16.6. The number of anilines is 1. The van der Waals surface area contributed by atoms with Gasteiger partial charge >= 0.3 is 0 Å². The monoisotopic (exact) mass is 840 g/mol. The highest BCUT2D eigenvalue weighted by Crippen LogP contribution is 2.38. The highest BCUT2D eigenvalue weighted by molar-refractivity contribution is 7.89. The van der Waals surface area contributed by atoms with Crippen molar-refractivity contribution in [2.24, 2.45) is 18.7 Å².